The number of halogens is 1. The fourth-order valence-corrected chi connectivity index (χ4v) is 3.01. The number of nitrogens with one attached hydrogen (secondary N) is 1. The number of sulfonamides is 1. The van der Waals surface area contributed by atoms with E-state index in [-0.39, 0.29) is 17.1 Å². The number of carbonyl (C=O) groups excluding carboxylic acids is 1. The molecular formula is C15H13BrN2O3S2. The highest BCUT2D eigenvalue weighted by Gasteiger charge is 2.11. The molecule has 2 aromatic rings. The van der Waals surface area contributed by atoms with Gasteiger partial charge in [0, 0.05) is 15.7 Å². The second kappa shape index (κ2) is 7.31. The van der Waals surface area contributed by atoms with Crippen molar-refractivity contribution in [1.29, 1.82) is 0 Å². The molecule has 0 aliphatic carbocycles. The third-order valence-electron chi connectivity index (χ3n) is 2.93. The van der Waals surface area contributed by atoms with Crippen LogP contribution in [0.4, 0.5) is 5.69 Å². The lowest BCUT2D eigenvalue weighted by atomic mass is 10.1. The van der Waals surface area contributed by atoms with Crippen LogP contribution in [0.2, 0.25) is 0 Å². The minimum Gasteiger partial charge on any atom is -0.350 e. The summed E-state index contributed by atoms with van der Waals surface area (Å²) in [6, 6.07) is 12.9. The predicted molar refractivity (Wildman–Crippen MR) is 97.1 cm³/mol. The molecule has 5 nitrogen and oxygen atoms in total. The Hall–Kier alpha value is -1.61. The summed E-state index contributed by atoms with van der Waals surface area (Å²) in [5.41, 5.74) is 1.15. The molecule has 23 heavy (non-hydrogen) atoms. The summed E-state index contributed by atoms with van der Waals surface area (Å²) < 4.78 is 23.2. The first-order valence-corrected chi connectivity index (χ1v) is 9.22. The maximum absolute atomic E-state index is 12.1. The van der Waals surface area contributed by atoms with Gasteiger partial charge in [-0.25, -0.2) is 13.6 Å². The minimum absolute atomic E-state index is 0.0131. The molecule has 0 aromatic heterocycles. The predicted octanol–water partition coefficient (Wildman–Crippen LogP) is 3.11. The number of Topliss-reactive ketones (excluding diaryl/α,β-unsaturated/α-hetero) is 1. The Morgan fingerprint density at radius 2 is 1.83 bits per heavy atom. The van der Waals surface area contributed by atoms with Crippen molar-refractivity contribution >= 4 is 54.6 Å². The van der Waals surface area contributed by atoms with E-state index in [1.165, 1.54) is 24.3 Å². The number of hydrogen-bond donors (Lipinski definition) is 2. The van der Waals surface area contributed by atoms with Crippen LogP contribution < -0.4 is 10.5 Å². The summed E-state index contributed by atoms with van der Waals surface area (Å²) in [5.74, 6) is -0.107. The summed E-state index contributed by atoms with van der Waals surface area (Å²) in [6.45, 7) is 0. The van der Waals surface area contributed by atoms with E-state index < -0.39 is 10.0 Å². The van der Waals surface area contributed by atoms with Crippen LogP contribution in [0.3, 0.4) is 0 Å². The van der Waals surface area contributed by atoms with Gasteiger partial charge in [-0.15, -0.1) is 0 Å². The van der Waals surface area contributed by atoms with Crippen LogP contribution in [0.1, 0.15) is 16.8 Å². The van der Waals surface area contributed by atoms with E-state index in [1.54, 1.807) is 18.2 Å². The van der Waals surface area contributed by atoms with E-state index in [9.17, 15) is 13.2 Å². The lowest BCUT2D eigenvalue weighted by Gasteiger charge is -2.08. The Morgan fingerprint density at radius 1 is 1.17 bits per heavy atom. The Balaban J connectivity index is 2.01. The number of thiocarbonyl (C=S) groups is 1. The number of ketones is 1. The lowest BCUT2D eigenvalue weighted by Crippen LogP contribution is -2.15. The average molecular weight is 413 g/mol. The molecule has 0 atom stereocenters. The van der Waals surface area contributed by atoms with Gasteiger partial charge in [-0.3, -0.25) is 4.79 Å². The molecule has 0 unspecified atom stereocenters. The first-order valence-electron chi connectivity index (χ1n) is 6.47. The molecule has 0 aliphatic heterocycles. The van der Waals surface area contributed by atoms with Crippen molar-refractivity contribution in [2.45, 2.75) is 11.3 Å². The van der Waals surface area contributed by atoms with Crippen molar-refractivity contribution in [1.82, 2.24) is 0 Å². The van der Waals surface area contributed by atoms with Crippen LogP contribution in [-0.2, 0) is 10.0 Å². The van der Waals surface area contributed by atoms with E-state index in [0.717, 1.165) is 4.47 Å². The zero-order chi connectivity index (χ0) is 17.0. The van der Waals surface area contributed by atoms with Crippen molar-refractivity contribution in [3.05, 3.63) is 58.6 Å². The Labute approximate surface area is 148 Å². The molecule has 3 N–H and O–H groups in total. The summed E-state index contributed by atoms with van der Waals surface area (Å²) in [5, 5.41) is 7.93. The van der Waals surface area contributed by atoms with Crippen molar-refractivity contribution < 1.29 is 13.2 Å². The van der Waals surface area contributed by atoms with Gasteiger partial charge in [-0.2, -0.15) is 0 Å². The first-order chi connectivity index (χ1) is 10.8. The highest BCUT2D eigenvalue weighted by atomic mass is 79.9. The average Bonchev–Trinajstić information content (AvgIpc) is 2.46. The monoisotopic (exact) mass is 412 g/mol. The van der Waals surface area contributed by atoms with Crippen LogP contribution in [-0.4, -0.2) is 19.2 Å². The SMILES string of the molecule is NS(=O)(=O)c1ccc(NC(=S)CC(=O)c2cccc(Br)c2)cc1. The van der Waals surface area contributed by atoms with Crippen LogP contribution in [0.15, 0.2) is 57.9 Å². The van der Waals surface area contributed by atoms with Crippen LogP contribution >= 0.6 is 28.1 Å². The van der Waals surface area contributed by atoms with Crippen molar-refractivity contribution in [3.8, 4) is 0 Å². The number of anilines is 1. The Morgan fingerprint density at radius 3 is 2.39 bits per heavy atom. The van der Waals surface area contributed by atoms with E-state index in [1.807, 2.05) is 6.07 Å². The number of rotatable bonds is 5. The maximum atomic E-state index is 12.1. The molecule has 0 aliphatic rings. The Bertz CT molecular complexity index is 849. The summed E-state index contributed by atoms with van der Waals surface area (Å²) >= 11 is 8.48. The molecule has 0 saturated heterocycles. The van der Waals surface area contributed by atoms with Crippen molar-refractivity contribution in [2.75, 3.05) is 5.32 Å². The third kappa shape index (κ3) is 5.21. The standard InChI is InChI=1S/C15H13BrN2O3S2/c16-11-3-1-2-10(8-11)14(19)9-15(22)18-12-4-6-13(7-5-12)23(17,20)21/h1-8H,9H2,(H,18,22)(H2,17,20,21). The lowest BCUT2D eigenvalue weighted by molar-refractivity contribution is 0.100. The number of carbonyl (C=O) groups is 1. The van der Waals surface area contributed by atoms with Gasteiger partial charge < -0.3 is 5.32 Å². The molecular weight excluding hydrogens is 400 g/mol. The maximum Gasteiger partial charge on any atom is 0.238 e. The minimum atomic E-state index is -3.73. The molecule has 0 heterocycles. The molecule has 0 amide bonds. The molecule has 0 radical (unpaired) electrons. The molecule has 0 fully saturated rings. The molecule has 2 aromatic carbocycles. The normalized spacial score (nSPS) is 11.0. The molecule has 0 bridgehead atoms. The van der Waals surface area contributed by atoms with E-state index in [2.05, 4.69) is 21.2 Å². The molecule has 0 saturated carbocycles. The highest BCUT2D eigenvalue weighted by molar-refractivity contribution is 9.10. The van der Waals surface area contributed by atoms with Gasteiger partial charge in [-0.05, 0) is 36.4 Å². The molecule has 2 rings (SSSR count). The van der Waals surface area contributed by atoms with Gasteiger partial charge in [-0.1, -0.05) is 40.3 Å². The fraction of sp³-hybridized carbons (Fsp3) is 0.0667. The van der Waals surface area contributed by atoms with Gasteiger partial charge >= 0.3 is 0 Å². The largest absolute Gasteiger partial charge is 0.350 e. The van der Waals surface area contributed by atoms with E-state index in [4.69, 9.17) is 17.4 Å². The van der Waals surface area contributed by atoms with E-state index in [0.29, 0.717) is 16.2 Å². The van der Waals surface area contributed by atoms with Crippen LogP contribution in [0, 0.1) is 0 Å². The molecule has 0 spiro atoms. The van der Waals surface area contributed by atoms with Gasteiger partial charge in [0.25, 0.3) is 0 Å². The Kier molecular flexibility index (Phi) is 5.64. The quantitative estimate of drug-likeness (QED) is 0.581. The van der Waals surface area contributed by atoms with Gasteiger partial charge in [0.15, 0.2) is 5.78 Å². The molecule has 8 heteroatoms. The van der Waals surface area contributed by atoms with Crippen molar-refractivity contribution in [3.63, 3.8) is 0 Å². The van der Waals surface area contributed by atoms with E-state index >= 15 is 0 Å². The number of nitrogens with two attached hydrogens (primary N) is 1. The van der Waals surface area contributed by atoms with Gasteiger partial charge in [0.2, 0.25) is 10.0 Å². The zero-order valence-electron chi connectivity index (χ0n) is 11.8. The topological polar surface area (TPSA) is 89.3 Å². The van der Waals surface area contributed by atoms with Gasteiger partial charge in [0.1, 0.15) is 0 Å². The first kappa shape index (κ1) is 17.7. The summed E-state index contributed by atoms with van der Waals surface area (Å²) in [7, 11) is -3.73. The second-order valence-electron chi connectivity index (χ2n) is 4.73. The van der Waals surface area contributed by atoms with Crippen molar-refractivity contribution in [2.24, 2.45) is 5.14 Å². The molecule has 120 valence electrons. The number of hydrogen-bond acceptors (Lipinski definition) is 4. The second-order valence-corrected chi connectivity index (χ2v) is 7.70. The number of primary sulfonamides is 1. The zero-order valence-corrected chi connectivity index (χ0v) is 15.0. The highest BCUT2D eigenvalue weighted by Crippen LogP contribution is 2.16. The third-order valence-corrected chi connectivity index (χ3v) is 4.60. The smallest absolute Gasteiger partial charge is 0.238 e. The summed E-state index contributed by atoms with van der Waals surface area (Å²) in [6.07, 6.45) is 0.0583. The van der Waals surface area contributed by atoms with Crippen LogP contribution in [0.5, 0.6) is 0 Å². The fourth-order valence-electron chi connectivity index (χ4n) is 1.84. The van der Waals surface area contributed by atoms with Crippen LogP contribution in [0.25, 0.3) is 0 Å². The van der Waals surface area contributed by atoms with Gasteiger partial charge in [0.05, 0.1) is 16.3 Å². The number of benzene rings is 2. The summed E-state index contributed by atoms with van der Waals surface area (Å²) in [4.78, 5) is 12.5.